The number of rotatable bonds is 5. The second-order valence-corrected chi connectivity index (χ2v) is 6.70. The van der Waals surface area contributed by atoms with Crippen molar-refractivity contribution in [3.63, 3.8) is 0 Å². The first-order chi connectivity index (χ1) is 9.90. The molecule has 0 saturated heterocycles. The Balaban J connectivity index is 2.37. The van der Waals surface area contributed by atoms with Gasteiger partial charge in [0.25, 0.3) is 0 Å². The summed E-state index contributed by atoms with van der Waals surface area (Å²) in [6.07, 6.45) is 1.92. The molecular weight excluding hydrogens is 304 g/mol. The Morgan fingerprint density at radius 2 is 2.14 bits per heavy atom. The largest absolute Gasteiger partial charge is 0.483 e. The fourth-order valence-corrected chi connectivity index (χ4v) is 2.96. The Kier molecular flexibility index (Phi) is 4.99. The van der Waals surface area contributed by atoms with E-state index in [-0.39, 0.29) is 11.5 Å². The summed E-state index contributed by atoms with van der Waals surface area (Å²) in [4.78, 5) is 2.85. The number of benzene rings is 1. The first kappa shape index (κ1) is 16.4. The molecule has 0 aliphatic carbocycles. The van der Waals surface area contributed by atoms with E-state index in [9.17, 15) is 0 Å². The van der Waals surface area contributed by atoms with E-state index < -0.39 is 0 Å². The van der Waals surface area contributed by atoms with Gasteiger partial charge in [0.15, 0.2) is 0 Å². The van der Waals surface area contributed by atoms with Gasteiger partial charge in [-0.3, -0.25) is 0 Å². The maximum Gasteiger partial charge on any atom is 0.143 e. The fourth-order valence-electron chi connectivity index (χ4n) is 2.72. The van der Waals surface area contributed by atoms with Crippen LogP contribution < -0.4 is 15.4 Å². The van der Waals surface area contributed by atoms with Gasteiger partial charge in [0, 0.05) is 17.5 Å². The van der Waals surface area contributed by atoms with Crippen molar-refractivity contribution >= 4 is 34.5 Å². The minimum absolute atomic E-state index is 0.149. The summed E-state index contributed by atoms with van der Waals surface area (Å²) in [5.74, 6) is 1.04. The van der Waals surface area contributed by atoms with Crippen LogP contribution in [-0.2, 0) is 0 Å². The van der Waals surface area contributed by atoms with Gasteiger partial charge in [-0.1, -0.05) is 44.6 Å². The van der Waals surface area contributed by atoms with Crippen molar-refractivity contribution in [2.75, 3.05) is 18.0 Å². The summed E-state index contributed by atoms with van der Waals surface area (Å²) in [5.41, 5.74) is 6.66. The fraction of sp³-hybridized carbons (Fsp3) is 0.562. The van der Waals surface area contributed by atoms with Crippen LogP contribution in [0.1, 0.15) is 33.6 Å². The van der Waals surface area contributed by atoms with Crippen LogP contribution in [0.2, 0.25) is 5.02 Å². The van der Waals surface area contributed by atoms with Gasteiger partial charge in [-0.25, -0.2) is 0 Å². The molecule has 1 heterocycles. The number of hydrogen-bond acceptors (Lipinski definition) is 3. The quantitative estimate of drug-likeness (QED) is 0.829. The zero-order valence-corrected chi connectivity index (χ0v) is 14.4. The molecule has 0 spiro atoms. The summed E-state index contributed by atoms with van der Waals surface area (Å²) in [6.45, 7) is 8.01. The van der Waals surface area contributed by atoms with E-state index in [0.29, 0.717) is 10.0 Å². The van der Waals surface area contributed by atoms with Gasteiger partial charge in [-0.05, 0) is 31.0 Å². The van der Waals surface area contributed by atoms with E-state index >= 15 is 0 Å². The molecule has 0 aromatic heterocycles. The normalized spacial score (nSPS) is 17.8. The number of anilines is 1. The van der Waals surface area contributed by atoms with Crippen molar-refractivity contribution < 1.29 is 4.74 Å². The smallest absolute Gasteiger partial charge is 0.143 e. The van der Waals surface area contributed by atoms with Crippen LogP contribution in [-0.4, -0.2) is 23.7 Å². The third kappa shape index (κ3) is 3.43. The second kappa shape index (κ2) is 6.41. The zero-order valence-electron chi connectivity index (χ0n) is 12.9. The molecule has 0 amide bonds. The minimum atomic E-state index is -0.156. The molecule has 0 radical (unpaired) electrons. The lowest BCUT2D eigenvalue weighted by Crippen LogP contribution is -2.52. The van der Waals surface area contributed by atoms with Crippen molar-refractivity contribution in [3.05, 3.63) is 23.2 Å². The molecule has 1 aliphatic heterocycles. The Morgan fingerprint density at radius 1 is 1.48 bits per heavy atom. The number of fused-ring (bicyclic) bond motifs is 1. The number of ether oxygens (including phenoxy) is 1. The molecular formula is C16H23ClN2OS. The van der Waals surface area contributed by atoms with E-state index in [0.717, 1.165) is 37.4 Å². The molecule has 1 atom stereocenters. The number of nitrogens with zero attached hydrogens (tertiary/aromatic N) is 1. The van der Waals surface area contributed by atoms with Gasteiger partial charge in [-0.15, -0.1) is 0 Å². The molecule has 0 bridgehead atoms. The van der Waals surface area contributed by atoms with E-state index in [1.807, 2.05) is 18.2 Å². The van der Waals surface area contributed by atoms with E-state index in [2.05, 4.69) is 25.7 Å². The number of thiocarbonyl (C=S) groups is 1. The molecule has 0 saturated carbocycles. The summed E-state index contributed by atoms with van der Waals surface area (Å²) >= 11 is 11.3. The van der Waals surface area contributed by atoms with Crippen molar-refractivity contribution in [1.82, 2.24) is 0 Å². The Labute approximate surface area is 137 Å². The second-order valence-electron chi connectivity index (χ2n) is 5.79. The summed E-state index contributed by atoms with van der Waals surface area (Å²) in [7, 11) is 0. The number of hydrogen-bond donors (Lipinski definition) is 1. The van der Waals surface area contributed by atoms with Crippen molar-refractivity contribution in [1.29, 1.82) is 0 Å². The maximum absolute atomic E-state index is 6.28. The SMILES string of the molecule is CCC1(CC)CN(CC(C)C(N)=S)c2cc(Cl)ccc2O1. The molecule has 0 fully saturated rings. The molecule has 2 N–H and O–H groups in total. The zero-order chi connectivity index (χ0) is 15.6. The first-order valence-corrected chi connectivity index (χ1v) is 8.22. The minimum Gasteiger partial charge on any atom is -0.483 e. The molecule has 5 heteroatoms. The van der Waals surface area contributed by atoms with Crippen LogP contribution >= 0.6 is 23.8 Å². The van der Waals surface area contributed by atoms with Gasteiger partial charge >= 0.3 is 0 Å². The summed E-state index contributed by atoms with van der Waals surface area (Å²) < 4.78 is 6.28. The van der Waals surface area contributed by atoms with Crippen molar-refractivity contribution in [2.45, 2.75) is 39.2 Å². The highest BCUT2D eigenvalue weighted by Crippen LogP contribution is 2.41. The van der Waals surface area contributed by atoms with Gasteiger partial charge in [0.05, 0.1) is 17.2 Å². The molecule has 1 aromatic carbocycles. The van der Waals surface area contributed by atoms with Crippen molar-refractivity contribution in [3.8, 4) is 5.75 Å². The monoisotopic (exact) mass is 326 g/mol. The van der Waals surface area contributed by atoms with Gasteiger partial charge < -0.3 is 15.4 Å². The lowest BCUT2D eigenvalue weighted by Gasteiger charge is -2.45. The molecule has 1 aromatic rings. The van der Waals surface area contributed by atoms with Crippen LogP contribution in [0.15, 0.2) is 18.2 Å². The first-order valence-electron chi connectivity index (χ1n) is 7.43. The van der Waals surface area contributed by atoms with E-state index in [1.54, 1.807) is 0 Å². The van der Waals surface area contributed by atoms with E-state index in [4.69, 9.17) is 34.3 Å². The van der Waals surface area contributed by atoms with Crippen LogP contribution in [0, 0.1) is 5.92 Å². The maximum atomic E-state index is 6.28. The van der Waals surface area contributed by atoms with Crippen LogP contribution in [0.25, 0.3) is 0 Å². The summed E-state index contributed by atoms with van der Waals surface area (Å²) in [5, 5.41) is 0.714. The Hall–Kier alpha value is -1.00. The molecule has 2 rings (SSSR count). The average molecular weight is 327 g/mol. The van der Waals surface area contributed by atoms with Crippen LogP contribution in [0.3, 0.4) is 0 Å². The topological polar surface area (TPSA) is 38.5 Å². The highest BCUT2D eigenvalue weighted by Gasteiger charge is 2.37. The average Bonchev–Trinajstić information content (AvgIpc) is 2.47. The lowest BCUT2D eigenvalue weighted by atomic mass is 9.93. The predicted molar refractivity (Wildman–Crippen MR) is 93.6 cm³/mol. The Bertz CT molecular complexity index is 531. The van der Waals surface area contributed by atoms with E-state index in [1.165, 1.54) is 0 Å². The predicted octanol–water partition coefficient (Wildman–Crippen LogP) is 4.02. The molecule has 3 nitrogen and oxygen atoms in total. The van der Waals surface area contributed by atoms with Crippen LogP contribution in [0.5, 0.6) is 5.75 Å². The van der Waals surface area contributed by atoms with Gasteiger partial charge in [0.2, 0.25) is 0 Å². The van der Waals surface area contributed by atoms with Gasteiger partial charge in [-0.2, -0.15) is 0 Å². The highest BCUT2D eigenvalue weighted by molar-refractivity contribution is 7.80. The molecule has 1 aliphatic rings. The lowest BCUT2D eigenvalue weighted by molar-refractivity contribution is 0.0571. The molecule has 1 unspecified atom stereocenters. The number of nitrogens with two attached hydrogens (primary N) is 1. The standard InChI is InChI=1S/C16H23ClN2OS/c1-4-16(5-2)10-19(9-11(3)15(18)21)13-8-12(17)6-7-14(13)20-16/h6-8,11H,4-5,9-10H2,1-3H3,(H2,18,21). The van der Waals surface area contributed by atoms with Gasteiger partial charge in [0.1, 0.15) is 11.4 Å². The molecule has 116 valence electrons. The molecule has 21 heavy (non-hydrogen) atoms. The Morgan fingerprint density at radius 3 is 2.71 bits per heavy atom. The van der Waals surface area contributed by atoms with Crippen LogP contribution in [0.4, 0.5) is 5.69 Å². The summed E-state index contributed by atoms with van der Waals surface area (Å²) in [6, 6.07) is 5.78. The highest BCUT2D eigenvalue weighted by atomic mass is 35.5. The third-order valence-electron chi connectivity index (χ3n) is 4.34. The third-order valence-corrected chi connectivity index (χ3v) is 4.97. The number of halogens is 1. The van der Waals surface area contributed by atoms with Crippen molar-refractivity contribution in [2.24, 2.45) is 11.7 Å².